The van der Waals surface area contributed by atoms with Gasteiger partial charge in [-0.25, -0.2) is 9.59 Å². The number of hydrogen-bond acceptors (Lipinski definition) is 5. The summed E-state index contributed by atoms with van der Waals surface area (Å²) in [5.74, 6) is 0.935. The zero-order chi connectivity index (χ0) is 20.8. The first-order valence-corrected chi connectivity index (χ1v) is 10.4. The first kappa shape index (κ1) is 21.2. The van der Waals surface area contributed by atoms with Crippen molar-refractivity contribution in [2.24, 2.45) is 5.92 Å². The number of carbonyl (C=O) groups is 2. The summed E-state index contributed by atoms with van der Waals surface area (Å²) >= 11 is 0. The fourth-order valence-corrected chi connectivity index (χ4v) is 3.88. The second-order valence-electron chi connectivity index (χ2n) is 7.57. The number of urea groups is 1. The SMILES string of the molecule is CCOC(=O)C1=C(CN2CCC(C)CC2)NC(=O)N[C@@H]1c1ccccc1OCC. The molecule has 0 aliphatic carbocycles. The highest BCUT2D eigenvalue weighted by atomic mass is 16.5. The molecule has 1 aromatic rings. The van der Waals surface area contributed by atoms with Crippen molar-refractivity contribution in [2.45, 2.75) is 39.7 Å². The molecule has 158 valence electrons. The molecule has 1 fully saturated rings. The number of esters is 1. The van der Waals surface area contributed by atoms with Gasteiger partial charge < -0.3 is 20.1 Å². The highest BCUT2D eigenvalue weighted by molar-refractivity contribution is 5.95. The zero-order valence-electron chi connectivity index (χ0n) is 17.5. The number of piperidine rings is 1. The maximum Gasteiger partial charge on any atom is 0.338 e. The molecule has 2 amide bonds. The van der Waals surface area contributed by atoms with Crippen molar-refractivity contribution in [3.05, 3.63) is 41.1 Å². The van der Waals surface area contributed by atoms with Crippen molar-refractivity contribution in [3.8, 4) is 5.75 Å². The molecule has 1 aromatic carbocycles. The minimum atomic E-state index is -0.621. The Kier molecular flexibility index (Phi) is 7.14. The molecule has 0 saturated carbocycles. The minimum Gasteiger partial charge on any atom is -0.494 e. The molecule has 7 heteroatoms. The lowest BCUT2D eigenvalue weighted by atomic mass is 9.93. The number of nitrogens with one attached hydrogen (secondary N) is 2. The summed E-state index contributed by atoms with van der Waals surface area (Å²) in [5, 5.41) is 5.75. The molecule has 0 spiro atoms. The highest BCUT2D eigenvalue weighted by Crippen LogP contribution is 2.34. The van der Waals surface area contributed by atoms with Crippen LogP contribution < -0.4 is 15.4 Å². The largest absolute Gasteiger partial charge is 0.494 e. The maximum absolute atomic E-state index is 12.9. The summed E-state index contributed by atoms with van der Waals surface area (Å²) in [6.07, 6.45) is 2.23. The average molecular weight is 402 g/mol. The lowest BCUT2D eigenvalue weighted by molar-refractivity contribution is -0.139. The summed E-state index contributed by atoms with van der Waals surface area (Å²) in [6.45, 7) is 9.12. The van der Waals surface area contributed by atoms with Crippen LogP contribution in [-0.4, -0.2) is 49.7 Å². The molecule has 2 aliphatic rings. The van der Waals surface area contributed by atoms with Gasteiger partial charge in [-0.2, -0.15) is 0 Å². The topological polar surface area (TPSA) is 79.9 Å². The van der Waals surface area contributed by atoms with Gasteiger partial charge in [0.15, 0.2) is 0 Å². The van der Waals surface area contributed by atoms with Crippen molar-refractivity contribution in [2.75, 3.05) is 32.8 Å². The molecular weight excluding hydrogens is 370 g/mol. The van der Waals surface area contributed by atoms with Gasteiger partial charge in [0.05, 0.1) is 24.8 Å². The number of likely N-dealkylation sites (tertiary alicyclic amines) is 1. The highest BCUT2D eigenvalue weighted by Gasteiger charge is 2.36. The molecule has 0 bridgehead atoms. The molecule has 0 aromatic heterocycles. The Morgan fingerprint density at radius 1 is 1.17 bits per heavy atom. The number of carbonyl (C=O) groups excluding carboxylic acids is 2. The van der Waals surface area contributed by atoms with E-state index < -0.39 is 12.0 Å². The van der Waals surface area contributed by atoms with E-state index in [2.05, 4.69) is 22.5 Å². The van der Waals surface area contributed by atoms with Gasteiger partial charge in [-0.05, 0) is 51.8 Å². The third-order valence-corrected chi connectivity index (χ3v) is 5.44. The number of nitrogens with zero attached hydrogens (tertiary/aromatic N) is 1. The third kappa shape index (κ3) is 5.09. The fourth-order valence-electron chi connectivity index (χ4n) is 3.88. The molecule has 2 N–H and O–H groups in total. The van der Waals surface area contributed by atoms with Crippen LogP contribution in [0.1, 0.15) is 45.2 Å². The molecule has 7 nitrogen and oxygen atoms in total. The van der Waals surface area contributed by atoms with Gasteiger partial charge >= 0.3 is 12.0 Å². The van der Waals surface area contributed by atoms with Gasteiger partial charge in [-0.15, -0.1) is 0 Å². The van der Waals surface area contributed by atoms with Gasteiger partial charge in [0.25, 0.3) is 0 Å². The maximum atomic E-state index is 12.9. The predicted octanol–water partition coefficient (Wildman–Crippen LogP) is 2.99. The smallest absolute Gasteiger partial charge is 0.338 e. The average Bonchev–Trinajstić information content (AvgIpc) is 2.70. The molecule has 3 rings (SSSR count). The molecule has 2 aliphatic heterocycles. The van der Waals surface area contributed by atoms with Gasteiger partial charge in [0.2, 0.25) is 0 Å². The number of amides is 2. The van der Waals surface area contributed by atoms with Gasteiger partial charge in [0, 0.05) is 17.8 Å². The summed E-state index contributed by atoms with van der Waals surface area (Å²) in [6, 6.07) is 6.53. The lowest BCUT2D eigenvalue weighted by Gasteiger charge is -2.35. The lowest BCUT2D eigenvalue weighted by Crippen LogP contribution is -2.49. The second-order valence-corrected chi connectivity index (χ2v) is 7.57. The van der Waals surface area contributed by atoms with Crippen LogP contribution in [0.25, 0.3) is 0 Å². The first-order chi connectivity index (χ1) is 14.0. The standard InChI is InChI=1S/C22H31N3O4/c1-4-28-18-9-7-6-8-16(18)20-19(21(26)29-5-2)17(23-22(27)24-20)14-25-12-10-15(3)11-13-25/h6-9,15,20H,4-5,10-14H2,1-3H3,(H2,23,24,27)/t20-/m1/s1. The monoisotopic (exact) mass is 401 g/mol. The van der Waals surface area contributed by atoms with E-state index in [1.807, 2.05) is 31.2 Å². The van der Waals surface area contributed by atoms with Crippen LogP contribution >= 0.6 is 0 Å². The van der Waals surface area contributed by atoms with E-state index in [1.165, 1.54) is 0 Å². The minimum absolute atomic E-state index is 0.268. The van der Waals surface area contributed by atoms with Crippen molar-refractivity contribution in [1.29, 1.82) is 0 Å². The Hall–Kier alpha value is -2.54. The Bertz CT molecular complexity index is 769. The molecule has 0 radical (unpaired) electrons. The van der Waals surface area contributed by atoms with Crippen LogP contribution in [-0.2, 0) is 9.53 Å². The van der Waals surface area contributed by atoms with Crippen molar-refractivity contribution in [3.63, 3.8) is 0 Å². The van der Waals surface area contributed by atoms with E-state index in [4.69, 9.17) is 9.47 Å². The molecule has 0 unspecified atom stereocenters. The fraction of sp³-hybridized carbons (Fsp3) is 0.545. The van der Waals surface area contributed by atoms with Crippen molar-refractivity contribution in [1.82, 2.24) is 15.5 Å². The van der Waals surface area contributed by atoms with E-state index in [-0.39, 0.29) is 12.6 Å². The van der Waals surface area contributed by atoms with Crippen LogP contribution in [0.4, 0.5) is 4.79 Å². The molecule has 1 saturated heterocycles. The Morgan fingerprint density at radius 3 is 2.59 bits per heavy atom. The number of para-hydroxylation sites is 1. The summed E-state index contributed by atoms with van der Waals surface area (Å²) < 4.78 is 11.1. The molecule has 1 atom stereocenters. The van der Waals surface area contributed by atoms with E-state index in [9.17, 15) is 9.59 Å². The van der Waals surface area contributed by atoms with E-state index >= 15 is 0 Å². The summed E-state index contributed by atoms with van der Waals surface area (Å²) in [5.41, 5.74) is 1.80. The van der Waals surface area contributed by atoms with Crippen molar-refractivity contribution >= 4 is 12.0 Å². The van der Waals surface area contributed by atoms with Gasteiger partial charge in [-0.1, -0.05) is 25.1 Å². The van der Waals surface area contributed by atoms with Crippen LogP contribution in [0, 0.1) is 5.92 Å². The number of hydrogen-bond donors (Lipinski definition) is 2. The third-order valence-electron chi connectivity index (χ3n) is 5.44. The normalized spacial score (nSPS) is 20.8. The van der Waals surface area contributed by atoms with Gasteiger partial charge in [-0.3, -0.25) is 4.90 Å². The number of benzene rings is 1. The van der Waals surface area contributed by atoms with Gasteiger partial charge in [0.1, 0.15) is 5.75 Å². The van der Waals surface area contributed by atoms with Crippen molar-refractivity contribution < 1.29 is 19.1 Å². The second kappa shape index (κ2) is 9.78. The van der Waals surface area contributed by atoms with E-state index in [1.54, 1.807) is 6.92 Å². The molecule has 2 heterocycles. The zero-order valence-corrected chi connectivity index (χ0v) is 17.5. The van der Waals surface area contributed by atoms with Crippen LogP contribution in [0.15, 0.2) is 35.5 Å². The molecule has 29 heavy (non-hydrogen) atoms. The quantitative estimate of drug-likeness (QED) is 0.687. The Morgan fingerprint density at radius 2 is 1.90 bits per heavy atom. The van der Waals surface area contributed by atoms with Crippen LogP contribution in [0.5, 0.6) is 5.75 Å². The Balaban J connectivity index is 1.99. The summed E-state index contributed by atoms with van der Waals surface area (Å²) in [7, 11) is 0. The number of rotatable bonds is 7. The predicted molar refractivity (Wildman–Crippen MR) is 111 cm³/mol. The Labute approximate surface area is 172 Å². The number of ether oxygens (including phenoxy) is 2. The van der Waals surface area contributed by atoms with E-state index in [0.717, 1.165) is 31.5 Å². The summed E-state index contributed by atoms with van der Waals surface area (Å²) in [4.78, 5) is 27.7. The van der Waals surface area contributed by atoms with Crippen LogP contribution in [0.2, 0.25) is 0 Å². The van der Waals surface area contributed by atoms with Crippen LogP contribution in [0.3, 0.4) is 0 Å². The molecular formula is C22H31N3O4. The van der Waals surface area contributed by atoms with E-state index in [0.29, 0.717) is 36.1 Å². The first-order valence-electron chi connectivity index (χ1n) is 10.4.